The van der Waals surface area contributed by atoms with E-state index in [0.29, 0.717) is 11.1 Å². The second-order valence-corrected chi connectivity index (χ2v) is 4.42. The Labute approximate surface area is 122 Å². The molecule has 0 radical (unpaired) electrons. The van der Waals surface area contributed by atoms with E-state index in [2.05, 4.69) is 6.58 Å². The largest absolute Gasteiger partial charge is 0.477 e. The summed E-state index contributed by atoms with van der Waals surface area (Å²) in [6.07, 6.45) is 5.07. The third-order valence-electron chi connectivity index (χ3n) is 3.30. The van der Waals surface area contributed by atoms with E-state index in [-0.39, 0.29) is 5.57 Å². The molecule has 0 heterocycles. The Morgan fingerprint density at radius 1 is 1.05 bits per heavy atom. The molecule has 1 aliphatic carbocycles. The number of carbonyl (C=O) groups is 2. The third kappa shape index (κ3) is 2.31. The predicted octanol–water partition coefficient (Wildman–Crippen LogP) is 3.14. The fraction of sp³-hybridized carbons (Fsp3) is 0.0588. The van der Waals surface area contributed by atoms with E-state index < -0.39 is 17.5 Å². The molecule has 0 fully saturated rings. The minimum Gasteiger partial charge on any atom is -0.477 e. The summed E-state index contributed by atoms with van der Waals surface area (Å²) < 4.78 is 0. The normalized spacial score (nSPS) is 16.9. The van der Waals surface area contributed by atoms with E-state index in [9.17, 15) is 19.8 Å². The fourth-order valence-electron chi connectivity index (χ4n) is 2.53. The Morgan fingerprint density at radius 3 is 2.10 bits per heavy atom. The number of benzene rings is 1. The molecule has 0 aliphatic heterocycles. The van der Waals surface area contributed by atoms with Crippen molar-refractivity contribution < 1.29 is 19.8 Å². The average molecular weight is 282 g/mol. The van der Waals surface area contributed by atoms with Crippen molar-refractivity contribution >= 4 is 23.1 Å². The van der Waals surface area contributed by atoms with Crippen LogP contribution in [-0.4, -0.2) is 22.2 Å². The summed E-state index contributed by atoms with van der Waals surface area (Å²) in [5.41, 5.74) is 2.40. The second kappa shape index (κ2) is 5.63. The van der Waals surface area contributed by atoms with Crippen LogP contribution in [0.25, 0.3) is 11.1 Å². The first-order chi connectivity index (χ1) is 10.0. The summed E-state index contributed by atoms with van der Waals surface area (Å²) in [4.78, 5) is 22.7. The van der Waals surface area contributed by atoms with Gasteiger partial charge in [-0.15, -0.1) is 0 Å². The molecule has 4 nitrogen and oxygen atoms in total. The molecule has 0 saturated carbocycles. The molecule has 0 saturated heterocycles. The molecular weight excluding hydrogens is 268 g/mol. The van der Waals surface area contributed by atoms with Crippen LogP contribution in [0.1, 0.15) is 18.1 Å². The zero-order valence-corrected chi connectivity index (χ0v) is 11.5. The van der Waals surface area contributed by atoms with Crippen molar-refractivity contribution in [3.63, 3.8) is 0 Å². The Bertz CT molecular complexity index is 717. The molecule has 1 aromatic rings. The molecule has 0 amide bonds. The van der Waals surface area contributed by atoms with Gasteiger partial charge in [-0.05, 0) is 29.2 Å². The monoisotopic (exact) mass is 282 g/mol. The van der Waals surface area contributed by atoms with Crippen LogP contribution in [-0.2, 0) is 9.59 Å². The summed E-state index contributed by atoms with van der Waals surface area (Å²) in [7, 11) is 0. The van der Waals surface area contributed by atoms with Crippen molar-refractivity contribution in [1.82, 2.24) is 0 Å². The van der Waals surface area contributed by atoms with Crippen molar-refractivity contribution in [1.29, 1.82) is 0 Å². The number of aliphatic carboxylic acids is 2. The van der Waals surface area contributed by atoms with Gasteiger partial charge in [-0.3, -0.25) is 0 Å². The zero-order chi connectivity index (χ0) is 15.6. The maximum atomic E-state index is 11.4. The molecule has 2 N–H and O–H groups in total. The van der Waals surface area contributed by atoms with E-state index in [1.165, 1.54) is 0 Å². The summed E-state index contributed by atoms with van der Waals surface area (Å²) in [5, 5.41) is 18.5. The SMILES string of the molecule is C=C/C=C1\C(=C/C)C(=C(C(=O)O)C(=O)O)c2ccccc21. The standard InChI is InChI=1S/C17H14O4/c1-3-7-11-10(4-2)14(15(16(18)19)17(20)21)13-9-6-5-8-12(11)13/h3-9H,1H2,2H3,(H,18,19)(H,20,21)/b10-4+,11-7+. The zero-order valence-electron chi connectivity index (χ0n) is 11.5. The number of carboxylic acids is 2. The van der Waals surface area contributed by atoms with Crippen LogP contribution >= 0.6 is 0 Å². The van der Waals surface area contributed by atoms with Gasteiger partial charge in [-0.2, -0.15) is 0 Å². The quantitative estimate of drug-likeness (QED) is 0.507. The lowest BCUT2D eigenvalue weighted by atomic mass is 9.97. The highest BCUT2D eigenvalue weighted by atomic mass is 16.4. The number of carboxylic acid groups (broad SMARTS) is 2. The summed E-state index contributed by atoms with van der Waals surface area (Å²) >= 11 is 0. The van der Waals surface area contributed by atoms with Crippen LogP contribution in [0.2, 0.25) is 0 Å². The highest BCUT2D eigenvalue weighted by Crippen LogP contribution is 2.46. The smallest absolute Gasteiger partial charge is 0.343 e. The predicted molar refractivity (Wildman–Crippen MR) is 80.6 cm³/mol. The molecule has 0 atom stereocenters. The second-order valence-electron chi connectivity index (χ2n) is 4.42. The lowest BCUT2D eigenvalue weighted by Gasteiger charge is -2.06. The van der Waals surface area contributed by atoms with Gasteiger partial charge in [0.05, 0.1) is 0 Å². The van der Waals surface area contributed by atoms with Crippen molar-refractivity contribution in [2.24, 2.45) is 0 Å². The first kappa shape index (κ1) is 14.5. The van der Waals surface area contributed by atoms with Gasteiger partial charge in [0.25, 0.3) is 0 Å². The van der Waals surface area contributed by atoms with E-state index >= 15 is 0 Å². The highest BCUT2D eigenvalue weighted by Gasteiger charge is 2.33. The van der Waals surface area contributed by atoms with Crippen LogP contribution < -0.4 is 0 Å². The molecule has 2 rings (SSSR count). The van der Waals surface area contributed by atoms with Gasteiger partial charge in [0.15, 0.2) is 5.57 Å². The molecule has 106 valence electrons. The molecule has 1 aliphatic rings. The lowest BCUT2D eigenvalue weighted by Crippen LogP contribution is -2.13. The minimum atomic E-state index is -1.45. The number of hydrogen-bond acceptors (Lipinski definition) is 2. The van der Waals surface area contributed by atoms with E-state index in [1.54, 1.807) is 37.3 Å². The van der Waals surface area contributed by atoms with E-state index in [1.807, 2.05) is 12.1 Å². The van der Waals surface area contributed by atoms with E-state index in [0.717, 1.165) is 11.1 Å². The van der Waals surface area contributed by atoms with Crippen LogP contribution in [0.4, 0.5) is 0 Å². The summed E-state index contributed by atoms with van der Waals surface area (Å²) in [5.74, 6) is -2.90. The fourth-order valence-corrected chi connectivity index (χ4v) is 2.53. The Kier molecular flexibility index (Phi) is 3.89. The van der Waals surface area contributed by atoms with Crippen LogP contribution in [0, 0.1) is 0 Å². The van der Waals surface area contributed by atoms with Gasteiger partial charge in [0, 0.05) is 5.57 Å². The van der Waals surface area contributed by atoms with Crippen molar-refractivity contribution in [2.75, 3.05) is 0 Å². The van der Waals surface area contributed by atoms with Gasteiger partial charge in [-0.1, -0.05) is 49.1 Å². The average Bonchev–Trinajstić information content (AvgIpc) is 2.73. The van der Waals surface area contributed by atoms with Crippen LogP contribution in [0.15, 0.2) is 60.2 Å². The highest BCUT2D eigenvalue weighted by molar-refractivity contribution is 6.25. The van der Waals surface area contributed by atoms with Gasteiger partial charge in [0.2, 0.25) is 0 Å². The third-order valence-corrected chi connectivity index (χ3v) is 3.30. The summed E-state index contributed by atoms with van der Waals surface area (Å²) in [6.45, 7) is 5.40. The molecule has 0 unspecified atom stereocenters. The van der Waals surface area contributed by atoms with E-state index in [4.69, 9.17) is 0 Å². The summed E-state index contributed by atoms with van der Waals surface area (Å²) in [6, 6.07) is 7.14. The first-order valence-electron chi connectivity index (χ1n) is 6.33. The van der Waals surface area contributed by atoms with Gasteiger partial charge in [0.1, 0.15) is 0 Å². The Balaban J connectivity index is 2.93. The molecule has 0 bridgehead atoms. The number of rotatable bonds is 3. The number of allylic oxidation sites excluding steroid dienone is 6. The lowest BCUT2D eigenvalue weighted by molar-refractivity contribution is -0.140. The molecule has 4 heteroatoms. The maximum absolute atomic E-state index is 11.4. The van der Waals surface area contributed by atoms with Gasteiger partial charge >= 0.3 is 11.9 Å². The number of hydrogen-bond donors (Lipinski definition) is 2. The molecule has 1 aromatic carbocycles. The van der Waals surface area contributed by atoms with Crippen LogP contribution in [0.3, 0.4) is 0 Å². The molecule has 0 spiro atoms. The number of fused-ring (bicyclic) bond motifs is 1. The molecule has 21 heavy (non-hydrogen) atoms. The van der Waals surface area contributed by atoms with Crippen LogP contribution in [0.5, 0.6) is 0 Å². The first-order valence-corrected chi connectivity index (χ1v) is 6.33. The Morgan fingerprint density at radius 2 is 1.62 bits per heavy atom. The topological polar surface area (TPSA) is 74.6 Å². The maximum Gasteiger partial charge on any atom is 0.343 e. The Hall–Kier alpha value is -2.88. The molecule has 0 aromatic heterocycles. The minimum absolute atomic E-state index is 0.237. The van der Waals surface area contributed by atoms with Gasteiger partial charge < -0.3 is 10.2 Å². The van der Waals surface area contributed by atoms with Crippen molar-refractivity contribution in [2.45, 2.75) is 6.92 Å². The van der Waals surface area contributed by atoms with Crippen molar-refractivity contribution in [3.8, 4) is 0 Å². The molecular formula is C17H14O4. The van der Waals surface area contributed by atoms with Crippen molar-refractivity contribution in [3.05, 3.63) is 71.3 Å². The van der Waals surface area contributed by atoms with Gasteiger partial charge in [-0.25, -0.2) is 9.59 Å².